The first-order valence-electron chi connectivity index (χ1n) is 7.28. The van der Waals surface area contributed by atoms with Gasteiger partial charge < -0.3 is 4.84 Å². The normalized spacial score (nSPS) is 19.5. The highest BCUT2D eigenvalue weighted by Gasteiger charge is 2.33. The van der Waals surface area contributed by atoms with Crippen molar-refractivity contribution in [1.29, 1.82) is 0 Å². The molecule has 0 spiro atoms. The fourth-order valence-electron chi connectivity index (χ4n) is 2.55. The number of nitrogens with zero attached hydrogens (tertiary/aromatic N) is 4. The van der Waals surface area contributed by atoms with Gasteiger partial charge in [-0.05, 0) is 25.7 Å². The molecule has 8 nitrogen and oxygen atoms in total. The third kappa shape index (κ3) is 2.90. The Labute approximate surface area is 126 Å². The van der Waals surface area contributed by atoms with Crippen LogP contribution in [0.15, 0.2) is 12.2 Å². The molecular weight excluding hydrogens is 288 g/mol. The smallest absolute Gasteiger partial charge is 0.328 e. The van der Waals surface area contributed by atoms with Crippen molar-refractivity contribution in [1.82, 2.24) is 20.1 Å². The molecule has 1 aromatic rings. The van der Waals surface area contributed by atoms with Crippen molar-refractivity contribution in [3.8, 4) is 0 Å². The molecule has 0 aromatic carbocycles. The molecule has 2 aliphatic rings. The van der Waals surface area contributed by atoms with Crippen LogP contribution in [0.2, 0.25) is 0 Å². The summed E-state index contributed by atoms with van der Waals surface area (Å²) in [7, 11) is 0. The Morgan fingerprint density at radius 1 is 1.09 bits per heavy atom. The SMILES string of the molecule is O=C(Cn1nnc2c1CC/C=C/CC2)ON1C(=O)CCC1=O. The van der Waals surface area contributed by atoms with Gasteiger partial charge in [-0.3, -0.25) is 9.59 Å². The number of allylic oxidation sites excluding steroid dienone is 2. The Bertz CT molecular complexity index is 633. The van der Waals surface area contributed by atoms with Crippen molar-refractivity contribution in [2.45, 2.75) is 45.1 Å². The molecule has 1 aromatic heterocycles. The Morgan fingerprint density at radius 2 is 1.77 bits per heavy atom. The first kappa shape index (κ1) is 14.4. The van der Waals surface area contributed by atoms with Gasteiger partial charge in [0.1, 0.15) is 6.54 Å². The Kier molecular flexibility index (Phi) is 3.99. The van der Waals surface area contributed by atoms with Crippen molar-refractivity contribution < 1.29 is 19.2 Å². The molecule has 0 N–H and O–H groups in total. The average molecular weight is 304 g/mol. The number of rotatable bonds is 3. The summed E-state index contributed by atoms with van der Waals surface area (Å²) < 4.78 is 1.49. The molecule has 0 saturated carbocycles. The average Bonchev–Trinajstić information content (AvgIpc) is 2.96. The number of hydrogen-bond donors (Lipinski definition) is 0. The zero-order chi connectivity index (χ0) is 15.5. The summed E-state index contributed by atoms with van der Waals surface area (Å²) >= 11 is 0. The van der Waals surface area contributed by atoms with E-state index in [4.69, 9.17) is 4.84 Å². The van der Waals surface area contributed by atoms with Crippen LogP contribution in [0.4, 0.5) is 0 Å². The maximum atomic E-state index is 11.9. The predicted octanol–water partition coefficient (Wildman–Crippen LogP) is 0.320. The number of aryl methyl sites for hydroxylation is 1. The molecule has 0 radical (unpaired) electrons. The molecule has 0 atom stereocenters. The highest BCUT2D eigenvalue weighted by atomic mass is 16.7. The van der Waals surface area contributed by atoms with Crippen molar-refractivity contribution >= 4 is 17.8 Å². The maximum absolute atomic E-state index is 11.9. The fraction of sp³-hybridized carbons (Fsp3) is 0.500. The molecule has 3 rings (SSSR count). The largest absolute Gasteiger partial charge is 0.354 e. The van der Waals surface area contributed by atoms with Crippen molar-refractivity contribution in [3.05, 3.63) is 23.5 Å². The molecule has 1 fully saturated rings. The minimum atomic E-state index is -0.700. The van der Waals surface area contributed by atoms with Crippen molar-refractivity contribution in [3.63, 3.8) is 0 Å². The zero-order valence-electron chi connectivity index (χ0n) is 12.0. The lowest BCUT2D eigenvalue weighted by atomic mass is 10.1. The summed E-state index contributed by atoms with van der Waals surface area (Å²) in [6, 6.07) is 0. The third-order valence-electron chi connectivity index (χ3n) is 3.66. The standard InChI is InChI=1S/C14H16N4O4/c19-12-7-8-13(20)18(12)22-14(21)9-17-11-6-4-2-1-3-5-10(11)15-16-17/h1-2H,3-9H2/b2-1+. The lowest BCUT2D eigenvalue weighted by Crippen LogP contribution is -2.33. The second-order valence-corrected chi connectivity index (χ2v) is 5.23. The molecule has 22 heavy (non-hydrogen) atoms. The van der Waals surface area contributed by atoms with E-state index >= 15 is 0 Å². The predicted molar refractivity (Wildman–Crippen MR) is 73.0 cm³/mol. The fourth-order valence-corrected chi connectivity index (χ4v) is 2.55. The number of carbonyl (C=O) groups is 3. The van der Waals surface area contributed by atoms with Gasteiger partial charge in [0, 0.05) is 12.8 Å². The first-order chi connectivity index (χ1) is 10.6. The number of fused-ring (bicyclic) bond motifs is 1. The van der Waals surface area contributed by atoms with Crippen molar-refractivity contribution in [2.24, 2.45) is 0 Å². The zero-order valence-corrected chi connectivity index (χ0v) is 12.0. The molecule has 0 unspecified atom stereocenters. The number of carbonyl (C=O) groups excluding carboxylic acids is 3. The highest BCUT2D eigenvalue weighted by molar-refractivity contribution is 6.01. The van der Waals surface area contributed by atoms with Gasteiger partial charge >= 0.3 is 5.97 Å². The van der Waals surface area contributed by atoms with E-state index in [0.717, 1.165) is 37.1 Å². The van der Waals surface area contributed by atoms with E-state index in [9.17, 15) is 14.4 Å². The Hall–Kier alpha value is -2.51. The number of imide groups is 1. The minimum absolute atomic E-state index is 0.0805. The van der Waals surface area contributed by atoms with Crippen LogP contribution in [0.25, 0.3) is 0 Å². The van der Waals surface area contributed by atoms with Gasteiger partial charge in [0.25, 0.3) is 11.8 Å². The van der Waals surface area contributed by atoms with Crippen LogP contribution in [-0.4, -0.2) is 37.8 Å². The van der Waals surface area contributed by atoms with E-state index in [1.807, 2.05) is 0 Å². The van der Waals surface area contributed by atoms with Gasteiger partial charge in [0.05, 0.1) is 11.4 Å². The number of hydrogen-bond acceptors (Lipinski definition) is 6. The molecule has 1 aliphatic carbocycles. The van der Waals surface area contributed by atoms with Crippen LogP contribution in [0.5, 0.6) is 0 Å². The molecule has 116 valence electrons. The van der Waals surface area contributed by atoms with Gasteiger partial charge in [0.2, 0.25) is 0 Å². The summed E-state index contributed by atoms with van der Waals surface area (Å²) in [5.74, 6) is -1.68. The summed E-state index contributed by atoms with van der Waals surface area (Å²) in [4.78, 5) is 39.6. The summed E-state index contributed by atoms with van der Waals surface area (Å²) in [5, 5.41) is 8.63. The van der Waals surface area contributed by atoms with Crippen LogP contribution in [0, 0.1) is 0 Å². The third-order valence-corrected chi connectivity index (χ3v) is 3.66. The number of aromatic nitrogens is 3. The Balaban J connectivity index is 1.67. The first-order valence-corrected chi connectivity index (χ1v) is 7.28. The molecule has 2 amide bonds. The van der Waals surface area contributed by atoms with Crippen LogP contribution in [0.1, 0.15) is 37.1 Å². The second kappa shape index (κ2) is 6.08. The maximum Gasteiger partial charge on any atom is 0.354 e. The highest BCUT2D eigenvalue weighted by Crippen LogP contribution is 2.16. The van der Waals surface area contributed by atoms with E-state index in [0.29, 0.717) is 5.06 Å². The number of hydroxylamine groups is 2. The topological polar surface area (TPSA) is 94.4 Å². The van der Waals surface area contributed by atoms with E-state index in [1.54, 1.807) is 0 Å². The van der Waals surface area contributed by atoms with Crippen LogP contribution in [0.3, 0.4) is 0 Å². The van der Waals surface area contributed by atoms with Crippen LogP contribution in [-0.2, 0) is 38.6 Å². The summed E-state index contributed by atoms with van der Waals surface area (Å²) in [6.45, 7) is -0.164. The Morgan fingerprint density at radius 3 is 2.50 bits per heavy atom. The van der Waals surface area contributed by atoms with Crippen LogP contribution < -0.4 is 0 Å². The molecule has 1 aliphatic heterocycles. The number of amides is 2. The van der Waals surface area contributed by atoms with E-state index in [-0.39, 0.29) is 19.4 Å². The van der Waals surface area contributed by atoms with E-state index in [2.05, 4.69) is 22.5 Å². The minimum Gasteiger partial charge on any atom is -0.328 e. The van der Waals surface area contributed by atoms with E-state index < -0.39 is 17.8 Å². The molecule has 0 bridgehead atoms. The molecule has 1 saturated heterocycles. The van der Waals surface area contributed by atoms with Gasteiger partial charge in [-0.1, -0.05) is 17.4 Å². The summed E-state index contributed by atoms with van der Waals surface area (Å²) in [6.07, 6.45) is 7.65. The van der Waals surface area contributed by atoms with Crippen LogP contribution >= 0.6 is 0 Å². The summed E-state index contributed by atoms with van der Waals surface area (Å²) in [5.41, 5.74) is 1.78. The van der Waals surface area contributed by atoms with Crippen molar-refractivity contribution in [2.75, 3.05) is 0 Å². The quantitative estimate of drug-likeness (QED) is 0.589. The van der Waals surface area contributed by atoms with Gasteiger partial charge in [-0.2, -0.15) is 0 Å². The lowest BCUT2D eigenvalue weighted by molar-refractivity contribution is -0.198. The monoisotopic (exact) mass is 304 g/mol. The van der Waals surface area contributed by atoms with Gasteiger partial charge in [0.15, 0.2) is 0 Å². The lowest BCUT2D eigenvalue weighted by Gasteiger charge is -2.13. The second-order valence-electron chi connectivity index (χ2n) is 5.23. The molecular formula is C14H16N4O4. The van der Waals surface area contributed by atoms with Gasteiger partial charge in [-0.15, -0.1) is 10.2 Å². The van der Waals surface area contributed by atoms with Gasteiger partial charge in [-0.25, -0.2) is 9.48 Å². The molecule has 8 heteroatoms. The molecule has 2 heterocycles. The van der Waals surface area contributed by atoms with E-state index in [1.165, 1.54) is 4.68 Å².